The van der Waals surface area contributed by atoms with Crippen molar-refractivity contribution in [2.75, 3.05) is 38.6 Å². The van der Waals surface area contributed by atoms with Crippen LogP contribution >= 0.6 is 23.4 Å². The maximum Gasteiger partial charge on any atom is 0.0594 e. The molecule has 1 aliphatic heterocycles. The Bertz CT molecular complexity index is 342. The van der Waals surface area contributed by atoms with Crippen molar-refractivity contribution in [2.45, 2.75) is 5.75 Å². The van der Waals surface area contributed by atoms with E-state index >= 15 is 0 Å². The second-order valence-corrected chi connectivity index (χ2v) is 5.61. The zero-order chi connectivity index (χ0) is 11.9. The first kappa shape index (κ1) is 13.2. The van der Waals surface area contributed by atoms with E-state index < -0.39 is 0 Å². The fourth-order valence-electron chi connectivity index (χ4n) is 1.82. The molecule has 0 aliphatic carbocycles. The summed E-state index contributed by atoms with van der Waals surface area (Å²) in [5, 5.41) is 0.881. The first-order chi connectivity index (χ1) is 8.36. The van der Waals surface area contributed by atoms with Gasteiger partial charge in [0.05, 0.1) is 13.2 Å². The highest BCUT2D eigenvalue weighted by molar-refractivity contribution is 7.98. The summed E-state index contributed by atoms with van der Waals surface area (Å²) in [6.45, 7) is 5.07. The number of ether oxygens (including phenoxy) is 1. The van der Waals surface area contributed by atoms with Gasteiger partial charge in [-0.1, -0.05) is 29.8 Å². The molecule has 2 rings (SSSR count). The Kier molecular flexibility index (Phi) is 5.65. The van der Waals surface area contributed by atoms with Crippen molar-refractivity contribution in [3.05, 3.63) is 34.9 Å². The zero-order valence-corrected chi connectivity index (χ0v) is 11.5. The van der Waals surface area contributed by atoms with Crippen molar-refractivity contribution in [1.29, 1.82) is 0 Å². The minimum atomic E-state index is 0.881. The van der Waals surface area contributed by atoms with Gasteiger partial charge in [-0.25, -0.2) is 0 Å². The molecule has 17 heavy (non-hydrogen) atoms. The second-order valence-electron chi connectivity index (χ2n) is 4.10. The van der Waals surface area contributed by atoms with Crippen LogP contribution in [-0.2, 0) is 10.5 Å². The van der Waals surface area contributed by atoms with Gasteiger partial charge < -0.3 is 4.74 Å². The molecule has 0 saturated carbocycles. The Hall–Kier alpha value is -0.220. The molecule has 0 N–H and O–H groups in total. The highest BCUT2D eigenvalue weighted by atomic mass is 35.5. The van der Waals surface area contributed by atoms with E-state index in [1.165, 1.54) is 5.56 Å². The highest BCUT2D eigenvalue weighted by Crippen LogP contribution is 2.20. The van der Waals surface area contributed by atoms with Crippen LogP contribution in [-0.4, -0.2) is 43.5 Å². The van der Waals surface area contributed by atoms with Crippen molar-refractivity contribution in [3.63, 3.8) is 0 Å². The number of thioether (sulfide) groups is 1. The maximum absolute atomic E-state index is 6.11. The zero-order valence-electron chi connectivity index (χ0n) is 9.90. The Morgan fingerprint density at radius 2 is 2.00 bits per heavy atom. The van der Waals surface area contributed by atoms with Crippen molar-refractivity contribution in [2.24, 2.45) is 0 Å². The normalized spacial score (nSPS) is 17.2. The summed E-state index contributed by atoms with van der Waals surface area (Å²) in [6, 6.07) is 8.08. The Morgan fingerprint density at radius 1 is 1.24 bits per heavy atom. The van der Waals surface area contributed by atoms with E-state index in [-0.39, 0.29) is 0 Å². The van der Waals surface area contributed by atoms with Crippen LogP contribution in [0.15, 0.2) is 24.3 Å². The second kappa shape index (κ2) is 7.27. The van der Waals surface area contributed by atoms with Crippen LogP contribution in [0.5, 0.6) is 0 Å². The lowest BCUT2D eigenvalue weighted by Crippen LogP contribution is -2.37. The maximum atomic E-state index is 6.11. The average molecular weight is 272 g/mol. The van der Waals surface area contributed by atoms with E-state index in [4.69, 9.17) is 16.3 Å². The fourth-order valence-corrected chi connectivity index (χ4v) is 3.10. The van der Waals surface area contributed by atoms with Crippen molar-refractivity contribution < 1.29 is 4.74 Å². The van der Waals surface area contributed by atoms with Gasteiger partial charge >= 0.3 is 0 Å². The van der Waals surface area contributed by atoms with Gasteiger partial charge in [0, 0.05) is 36.2 Å². The lowest BCUT2D eigenvalue weighted by atomic mass is 10.2. The van der Waals surface area contributed by atoms with Crippen LogP contribution in [0.2, 0.25) is 5.02 Å². The molecule has 94 valence electrons. The lowest BCUT2D eigenvalue weighted by Gasteiger charge is -2.26. The molecule has 0 bridgehead atoms. The Labute approximate surface area is 112 Å². The number of rotatable bonds is 5. The third kappa shape index (κ3) is 4.51. The summed E-state index contributed by atoms with van der Waals surface area (Å²) in [6.07, 6.45) is 0. The predicted molar refractivity (Wildman–Crippen MR) is 74.9 cm³/mol. The summed E-state index contributed by atoms with van der Waals surface area (Å²) in [5.41, 5.74) is 1.24. The number of halogens is 1. The van der Waals surface area contributed by atoms with Crippen molar-refractivity contribution >= 4 is 23.4 Å². The molecule has 1 saturated heterocycles. The van der Waals surface area contributed by atoms with E-state index in [0.29, 0.717) is 0 Å². The highest BCUT2D eigenvalue weighted by Gasteiger charge is 2.09. The predicted octanol–water partition coefficient (Wildman–Crippen LogP) is 2.91. The summed E-state index contributed by atoms with van der Waals surface area (Å²) < 4.78 is 5.33. The van der Waals surface area contributed by atoms with Crippen LogP contribution in [0, 0.1) is 0 Å². The summed E-state index contributed by atoms with van der Waals surface area (Å²) >= 11 is 8.06. The van der Waals surface area contributed by atoms with Crippen LogP contribution < -0.4 is 0 Å². The SMILES string of the molecule is Clc1ccccc1CSCCN1CCOCC1. The molecule has 4 heteroatoms. The molecule has 1 aromatic carbocycles. The summed E-state index contributed by atoms with van der Waals surface area (Å²) in [4.78, 5) is 2.46. The third-order valence-corrected chi connectivity index (χ3v) is 4.23. The van der Waals surface area contributed by atoms with Gasteiger partial charge in [-0.15, -0.1) is 0 Å². The van der Waals surface area contributed by atoms with E-state index in [1.54, 1.807) is 0 Å². The first-order valence-corrected chi connectivity index (χ1v) is 7.51. The molecule has 1 fully saturated rings. The van der Waals surface area contributed by atoms with Crippen molar-refractivity contribution in [1.82, 2.24) is 4.90 Å². The van der Waals surface area contributed by atoms with Gasteiger partial charge in [-0.05, 0) is 11.6 Å². The van der Waals surface area contributed by atoms with Gasteiger partial charge in [0.2, 0.25) is 0 Å². The van der Waals surface area contributed by atoms with Crippen LogP contribution in [0.3, 0.4) is 0 Å². The van der Waals surface area contributed by atoms with Crippen molar-refractivity contribution in [3.8, 4) is 0 Å². The Morgan fingerprint density at radius 3 is 2.76 bits per heavy atom. The molecular formula is C13H18ClNOS. The molecule has 0 radical (unpaired) electrons. The van der Waals surface area contributed by atoms with Gasteiger partial charge in [0.15, 0.2) is 0 Å². The Balaban J connectivity index is 1.64. The van der Waals surface area contributed by atoms with Gasteiger partial charge in [-0.2, -0.15) is 11.8 Å². The molecular weight excluding hydrogens is 254 g/mol. The molecule has 1 aromatic rings. The van der Waals surface area contributed by atoms with Crippen LogP contribution in [0.25, 0.3) is 0 Å². The number of hydrogen-bond donors (Lipinski definition) is 0. The number of nitrogens with zero attached hydrogens (tertiary/aromatic N) is 1. The monoisotopic (exact) mass is 271 g/mol. The molecule has 0 amide bonds. The minimum absolute atomic E-state index is 0.881. The summed E-state index contributed by atoms with van der Waals surface area (Å²) in [5.74, 6) is 2.16. The lowest BCUT2D eigenvalue weighted by molar-refractivity contribution is 0.0410. The van der Waals surface area contributed by atoms with E-state index in [0.717, 1.165) is 49.4 Å². The van der Waals surface area contributed by atoms with Gasteiger partial charge in [0.1, 0.15) is 0 Å². The molecule has 0 unspecified atom stereocenters. The quantitative estimate of drug-likeness (QED) is 0.764. The molecule has 1 heterocycles. The number of benzene rings is 1. The molecule has 0 spiro atoms. The first-order valence-electron chi connectivity index (χ1n) is 5.97. The molecule has 0 atom stereocenters. The average Bonchev–Trinajstić information content (AvgIpc) is 2.38. The van der Waals surface area contributed by atoms with Crippen LogP contribution in [0.1, 0.15) is 5.56 Å². The smallest absolute Gasteiger partial charge is 0.0594 e. The van der Waals surface area contributed by atoms with E-state index in [9.17, 15) is 0 Å². The van der Waals surface area contributed by atoms with E-state index in [2.05, 4.69) is 11.0 Å². The number of hydrogen-bond acceptors (Lipinski definition) is 3. The summed E-state index contributed by atoms with van der Waals surface area (Å²) in [7, 11) is 0. The molecule has 1 aliphatic rings. The third-order valence-electron chi connectivity index (χ3n) is 2.87. The molecule has 2 nitrogen and oxygen atoms in total. The van der Waals surface area contributed by atoms with E-state index in [1.807, 2.05) is 30.0 Å². The fraction of sp³-hybridized carbons (Fsp3) is 0.538. The minimum Gasteiger partial charge on any atom is -0.379 e. The standard InChI is InChI=1S/C13H18ClNOS/c14-13-4-2-1-3-12(13)11-17-10-7-15-5-8-16-9-6-15/h1-4H,5-11H2. The van der Waals surface area contributed by atoms with Gasteiger partial charge in [0.25, 0.3) is 0 Å². The largest absolute Gasteiger partial charge is 0.379 e. The topological polar surface area (TPSA) is 12.5 Å². The van der Waals surface area contributed by atoms with Gasteiger partial charge in [-0.3, -0.25) is 4.90 Å². The van der Waals surface area contributed by atoms with Crippen LogP contribution in [0.4, 0.5) is 0 Å². The molecule has 0 aromatic heterocycles. The number of morpholine rings is 1.